The van der Waals surface area contributed by atoms with Gasteiger partial charge in [0.25, 0.3) is 5.91 Å². The summed E-state index contributed by atoms with van der Waals surface area (Å²) >= 11 is 5.69. The second-order valence-corrected chi connectivity index (χ2v) is 4.26. The Balaban J connectivity index is 2.13. The minimum Gasteiger partial charge on any atom is -0.506 e. The molecule has 5 heteroatoms. The molecule has 2 N–H and O–H groups in total. The molecule has 1 amide bonds. The summed E-state index contributed by atoms with van der Waals surface area (Å²) in [7, 11) is 1.56. The monoisotopic (exact) mass is 277 g/mol. The van der Waals surface area contributed by atoms with Gasteiger partial charge in [0.15, 0.2) is 0 Å². The lowest BCUT2D eigenvalue weighted by atomic mass is 10.2. The standard InChI is InChI=1S/C14H12ClNO3/c1-19-11-5-2-9(3-6-11)14(18)16-10-4-7-12(15)13(17)8-10/h2-8,17H,1H3,(H,16,18). The van der Waals surface area contributed by atoms with Crippen molar-refractivity contribution in [2.24, 2.45) is 0 Å². The molecule has 0 aliphatic heterocycles. The normalized spacial score (nSPS) is 10.0. The SMILES string of the molecule is COc1ccc(C(=O)Nc2ccc(Cl)c(O)c2)cc1. The Morgan fingerprint density at radius 2 is 1.89 bits per heavy atom. The average Bonchev–Trinajstić information content (AvgIpc) is 2.43. The first-order valence-electron chi connectivity index (χ1n) is 5.54. The van der Waals surface area contributed by atoms with E-state index in [9.17, 15) is 9.90 Å². The zero-order valence-electron chi connectivity index (χ0n) is 10.2. The lowest BCUT2D eigenvalue weighted by Crippen LogP contribution is -2.11. The van der Waals surface area contributed by atoms with E-state index in [1.807, 2.05) is 0 Å². The smallest absolute Gasteiger partial charge is 0.255 e. The average molecular weight is 278 g/mol. The third kappa shape index (κ3) is 3.17. The van der Waals surface area contributed by atoms with Crippen molar-refractivity contribution in [3.63, 3.8) is 0 Å². The zero-order valence-corrected chi connectivity index (χ0v) is 10.9. The molecule has 0 spiro atoms. The fourth-order valence-corrected chi connectivity index (χ4v) is 1.65. The molecule has 0 radical (unpaired) electrons. The number of nitrogens with one attached hydrogen (secondary N) is 1. The van der Waals surface area contributed by atoms with Crippen LogP contribution < -0.4 is 10.1 Å². The maximum absolute atomic E-state index is 11.9. The number of amides is 1. The molecule has 0 bridgehead atoms. The molecule has 0 aliphatic rings. The van der Waals surface area contributed by atoms with Crippen molar-refractivity contribution >= 4 is 23.2 Å². The van der Waals surface area contributed by atoms with Crippen molar-refractivity contribution in [3.8, 4) is 11.5 Å². The molecule has 0 atom stereocenters. The fourth-order valence-electron chi connectivity index (χ4n) is 1.54. The van der Waals surface area contributed by atoms with Crippen LogP contribution in [0.15, 0.2) is 42.5 Å². The number of aromatic hydroxyl groups is 1. The molecule has 0 aromatic heterocycles. The fraction of sp³-hybridized carbons (Fsp3) is 0.0714. The molecule has 98 valence electrons. The highest BCUT2D eigenvalue weighted by atomic mass is 35.5. The Bertz CT molecular complexity index is 596. The molecule has 2 rings (SSSR count). The van der Waals surface area contributed by atoms with Crippen molar-refractivity contribution in [2.75, 3.05) is 12.4 Å². The summed E-state index contributed by atoms with van der Waals surface area (Å²) in [5, 5.41) is 12.4. The van der Waals surface area contributed by atoms with Crippen molar-refractivity contribution < 1.29 is 14.6 Å². The largest absolute Gasteiger partial charge is 0.506 e. The van der Waals surface area contributed by atoms with Crippen LogP contribution in [-0.2, 0) is 0 Å². The minimum absolute atomic E-state index is 0.0748. The Kier molecular flexibility index (Phi) is 3.92. The number of carbonyl (C=O) groups excluding carboxylic acids is 1. The number of rotatable bonds is 3. The zero-order chi connectivity index (χ0) is 13.8. The number of hydrogen-bond acceptors (Lipinski definition) is 3. The summed E-state index contributed by atoms with van der Waals surface area (Å²) in [5.74, 6) is 0.333. The van der Waals surface area contributed by atoms with E-state index in [2.05, 4.69) is 5.32 Å². The number of phenolic OH excluding ortho intramolecular Hbond substituents is 1. The van der Waals surface area contributed by atoms with Gasteiger partial charge in [0, 0.05) is 17.3 Å². The summed E-state index contributed by atoms with van der Waals surface area (Å²) in [5.41, 5.74) is 0.970. The summed E-state index contributed by atoms with van der Waals surface area (Å²) in [6.07, 6.45) is 0. The first-order chi connectivity index (χ1) is 9.10. The number of anilines is 1. The van der Waals surface area contributed by atoms with Gasteiger partial charge in [-0.3, -0.25) is 4.79 Å². The lowest BCUT2D eigenvalue weighted by molar-refractivity contribution is 0.102. The highest BCUT2D eigenvalue weighted by Crippen LogP contribution is 2.26. The molecular formula is C14H12ClNO3. The highest BCUT2D eigenvalue weighted by Gasteiger charge is 2.07. The Morgan fingerprint density at radius 1 is 1.21 bits per heavy atom. The van der Waals surface area contributed by atoms with E-state index in [1.165, 1.54) is 12.1 Å². The maximum atomic E-state index is 11.9. The van der Waals surface area contributed by atoms with E-state index in [0.717, 1.165) is 0 Å². The van der Waals surface area contributed by atoms with Gasteiger partial charge in [0.05, 0.1) is 12.1 Å². The van der Waals surface area contributed by atoms with Gasteiger partial charge in [-0.25, -0.2) is 0 Å². The van der Waals surface area contributed by atoms with E-state index in [0.29, 0.717) is 17.0 Å². The predicted octanol–water partition coefficient (Wildman–Crippen LogP) is 3.31. The second-order valence-electron chi connectivity index (χ2n) is 3.85. The van der Waals surface area contributed by atoms with E-state index < -0.39 is 0 Å². The van der Waals surface area contributed by atoms with Crippen LogP contribution in [0.1, 0.15) is 10.4 Å². The van der Waals surface area contributed by atoms with Crippen LogP contribution >= 0.6 is 11.6 Å². The first kappa shape index (κ1) is 13.2. The van der Waals surface area contributed by atoms with Gasteiger partial charge in [-0.05, 0) is 36.4 Å². The molecule has 0 heterocycles. The van der Waals surface area contributed by atoms with Gasteiger partial charge >= 0.3 is 0 Å². The van der Waals surface area contributed by atoms with Crippen LogP contribution in [0, 0.1) is 0 Å². The minimum atomic E-state index is -0.274. The maximum Gasteiger partial charge on any atom is 0.255 e. The van der Waals surface area contributed by atoms with Crippen molar-refractivity contribution in [3.05, 3.63) is 53.1 Å². The number of halogens is 1. The molecular weight excluding hydrogens is 266 g/mol. The van der Waals surface area contributed by atoms with Gasteiger partial charge in [-0.2, -0.15) is 0 Å². The molecule has 0 aliphatic carbocycles. The molecule has 0 fully saturated rings. The topological polar surface area (TPSA) is 58.6 Å². The Morgan fingerprint density at radius 3 is 2.47 bits per heavy atom. The number of phenols is 1. The van der Waals surface area contributed by atoms with E-state index in [1.54, 1.807) is 37.4 Å². The highest BCUT2D eigenvalue weighted by molar-refractivity contribution is 6.32. The number of ether oxygens (including phenoxy) is 1. The predicted molar refractivity (Wildman–Crippen MR) is 74.1 cm³/mol. The van der Waals surface area contributed by atoms with Gasteiger partial charge in [0.2, 0.25) is 0 Å². The van der Waals surface area contributed by atoms with Gasteiger partial charge in [-0.15, -0.1) is 0 Å². The number of methoxy groups -OCH3 is 1. The Labute approximate surface area is 115 Å². The molecule has 0 saturated carbocycles. The van der Waals surface area contributed by atoms with Crippen molar-refractivity contribution in [1.82, 2.24) is 0 Å². The van der Waals surface area contributed by atoms with Crippen LogP contribution in [0.2, 0.25) is 5.02 Å². The van der Waals surface area contributed by atoms with Crippen LogP contribution in [0.4, 0.5) is 5.69 Å². The van der Waals surface area contributed by atoms with E-state index >= 15 is 0 Å². The molecule has 4 nitrogen and oxygen atoms in total. The molecule has 0 saturated heterocycles. The third-order valence-electron chi connectivity index (χ3n) is 2.56. The van der Waals surface area contributed by atoms with Crippen molar-refractivity contribution in [1.29, 1.82) is 0 Å². The van der Waals surface area contributed by atoms with Gasteiger partial charge in [0.1, 0.15) is 11.5 Å². The summed E-state index contributed by atoms with van der Waals surface area (Å²) in [6, 6.07) is 11.2. The van der Waals surface area contributed by atoms with Crippen LogP contribution in [0.25, 0.3) is 0 Å². The third-order valence-corrected chi connectivity index (χ3v) is 2.88. The first-order valence-corrected chi connectivity index (χ1v) is 5.92. The molecule has 2 aromatic carbocycles. The molecule has 19 heavy (non-hydrogen) atoms. The van der Waals surface area contributed by atoms with Crippen LogP contribution in [0.3, 0.4) is 0 Å². The number of benzene rings is 2. The summed E-state index contributed by atoms with van der Waals surface area (Å²) < 4.78 is 5.02. The molecule has 0 unspecified atom stereocenters. The molecule has 2 aromatic rings. The number of carbonyl (C=O) groups is 1. The summed E-state index contributed by atoms with van der Waals surface area (Å²) in [4.78, 5) is 11.9. The quantitative estimate of drug-likeness (QED) is 0.905. The van der Waals surface area contributed by atoms with E-state index in [4.69, 9.17) is 16.3 Å². The lowest BCUT2D eigenvalue weighted by Gasteiger charge is -2.07. The van der Waals surface area contributed by atoms with E-state index in [-0.39, 0.29) is 16.7 Å². The second kappa shape index (κ2) is 5.63. The van der Waals surface area contributed by atoms with Gasteiger partial charge in [-0.1, -0.05) is 11.6 Å². The summed E-state index contributed by atoms with van der Waals surface area (Å²) in [6.45, 7) is 0. The van der Waals surface area contributed by atoms with Crippen molar-refractivity contribution in [2.45, 2.75) is 0 Å². The van der Waals surface area contributed by atoms with Crippen LogP contribution in [0.5, 0.6) is 11.5 Å². The van der Waals surface area contributed by atoms with Crippen LogP contribution in [-0.4, -0.2) is 18.1 Å². The Hall–Kier alpha value is -2.20. The van der Waals surface area contributed by atoms with Gasteiger partial charge < -0.3 is 15.2 Å². The number of hydrogen-bond donors (Lipinski definition) is 2.